The predicted molar refractivity (Wildman–Crippen MR) is 99.3 cm³/mol. The molecule has 0 atom stereocenters. The highest BCUT2D eigenvalue weighted by molar-refractivity contribution is 5.18. The van der Waals surface area contributed by atoms with Gasteiger partial charge in [0.2, 0.25) is 0 Å². The summed E-state index contributed by atoms with van der Waals surface area (Å²) in [6.07, 6.45) is 0. The highest BCUT2D eigenvalue weighted by atomic mass is 15.1. The summed E-state index contributed by atoms with van der Waals surface area (Å²) in [5, 5.41) is 3.45. The molecule has 0 heterocycles. The maximum atomic E-state index is 4.25. The summed E-state index contributed by atoms with van der Waals surface area (Å²) in [6, 6.07) is 21.8. The summed E-state index contributed by atoms with van der Waals surface area (Å²) in [6.45, 7) is 12.2. The number of benzene rings is 2. The van der Waals surface area contributed by atoms with Gasteiger partial charge in [-0.25, -0.2) is 0 Å². The van der Waals surface area contributed by atoms with Crippen LogP contribution in [0.25, 0.3) is 0 Å². The van der Waals surface area contributed by atoms with Crippen molar-refractivity contribution in [3.05, 3.63) is 83.9 Å². The first-order chi connectivity index (χ1) is 11.1. The van der Waals surface area contributed by atoms with E-state index in [9.17, 15) is 0 Å². The average Bonchev–Trinajstić information content (AvgIpc) is 2.55. The molecule has 2 heteroatoms. The second kappa shape index (κ2) is 9.29. The van der Waals surface area contributed by atoms with Gasteiger partial charge in [0.25, 0.3) is 0 Å². The van der Waals surface area contributed by atoms with E-state index in [4.69, 9.17) is 0 Å². The van der Waals surface area contributed by atoms with Crippen molar-refractivity contribution in [1.29, 1.82) is 0 Å². The van der Waals surface area contributed by atoms with E-state index in [1.54, 1.807) is 0 Å². The first kappa shape index (κ1) is 17.5. The summed E-state index contributed by atoms with van der Waals surface area (Å²) >= 11 is 0. The zero-order valence-corrected chi connectivity index (χ0v) is 14.3. The van der Waals surface area contributed by atoms with E-state index in [1.165, 1.54) is 16.7 Å². The van der Waals surface area contributed by atoms with Crippen molar-refractivity contribution >= 4 is 0 Å². The van der Waals surface area contributed by atoms with Crippen molar-refractivity contribution in [2.24, 2.45) is 0 Å². The first-order valence-electron chi connectivity index (χ1n) is 8.33. The third-order valence-corrected chi connectivity index (χ3v) is 3.71. The minimum Gasteiger partial charge on any atom is -0.311 e. The maximum Gasteiger partial charge on any atom is 0.0240 e. The van der Waals surface area contributed by atoms with Gasteiger partial charge in [0, 0.05) is 32.2 Å². The van der Waals surface area contributed by atoms with Crippen molar-refractivity contribution in [2.75, 3.05) is 13.1 Å². The molecular weight excluding hydrogens is 280 g/mol. The van der Waals surface area contributed by atoms with E-state index in [0.29, 0.717) is 6.04 Å². The van der Waals surface area contributed by atoms with E-state index in [1.807, 2.05) is 0 Å². The third-order valence-electron chi connectivity index (χ3n) is 3.71. The fourth-order valence-electron chi connectivity index (χ4n) is 2.57. The quantitative estimate of drug-likeness (QED) is 0.697. The summed E-state index contributed by atoms with van der Waals surface area (Å²) in [5.41, 5.74) is 3.91. The highest BCUT2D eigenvalue weighted by Crippen LogP contribution is 2.11. The molecule has 2 nitrogen and oxygen atoms in total. The summed E-state index contributed by atoms with van der Waals surface area (Å²) in [4.78, 5) is 2.45. The fraction of sp³-hybridized carbons (Fsp3) is 0.333. The Hall–Kier alpha value is -1.90. The van der Waals surface area contributed by atoms with Crippen LogP contribution in [0, 0.1) is 0 Å². The van der Waals surface area contributed by atoms with Crippen LogP contribution in [-0.4, -0.2) is 24.0 Å². The molecule has 0 aromatic heterocycles. The zero-order valence-electron chi connectivity index (χ0n) is 14.3. The minimum atomic E-state index is 0.489. The standard InChI is InChI=1S/C21H28N2/c1-18(2)22-14-19(3)15-23(16-20-10-6-4-7-11-20)17-21-12-8-5-9-13-21/h4-13,18,22H,3,14-17H2,1-2H3. The van der Waals surface area contributed by atoms with Crippen LogP contribution in [0.2, 0.25) is 0 Å². The third kappa shape index (κ3) is 6.81. The molecule has 1 N–H and O–H groups in total. The van der Waals surface area contributed by atoms with Gasteiger partial charge in [0.05, 0.1) is 0 Å². The van der Waals surface area contributed by atoms with Gasteiger partial charge >= 0.3 is 0 Å². The first-order valence-corrected chi connectivity index (χ1v) is 8.33. The van der Waals surface area contributed by atoms with Crippen LogP contribution < -0.4 is 5.32 Å². The van der Waals surface area contributed by atoms with Crippen molar-refractivity contribution in [3.63, 3.8) is 0 Å². The lowest BCUT2D eigenvalue weighted by Crippen LogP contribution is -2.31. The van der Waals surface area contributed by atoms with Crippen molar-refractivity contribution in [2.45, 2.75) is 33.0 Å². The Kier molecular flexibility index (Phi) is 7.05. The predicted octanol–water partition coefficient (Wildman–Crippen LogP) is 4.24. The highest BCUT2D eigenvalue weighted by Gasteiger charge is 2.09. The molecule has 0 unspecified atom stereocenters. The second-order valence-corrected chi connectivity index (χ2v) is 6.40. The van der Waals surface area contributed by atoms with Gasteiger partial charge in [-0.05, 0) is 16.7 Å². The molecule has 0 saturated heterocycles. The zero-order chi connectivity index (χ0) is 16.5. The van der Waals surface area contributed by atoms with Crippen LogP contribution in [-0.2, 0) is 13.1 Å². The van der Waals surface area contributed by atoms with Gasteiger partial charge in [-0.15, -0.1) is 0 Å². The van der Waals surface area contributed by atoms with Crippen LogP contribution >= 0.6 is 0 Å². The van der Waals surface area contributed by atoms with Crippen molar-refractivity contribution in [1.82, 2.24) is 10.2 Å². The molecule has 0 aliphatic heterocycles. The molecule has 0 fully saturated rings. The maximum absolute atomic E-state index is 4.25. The van der Waals surface area contributed by atoms with Crippen LogP contribution in [0.1, 0.15) is 25.0 Å². The molecule has 2 aromatic rings. The molecule has 2 rings (SSSR count). The van der Waals surface area contributed by atoms with E-state index < -0.39 is 0 Å². The molecule has 0 saturated carbocycles. The Morgan fingerprint density at radius 1 is 0.913 bits per heavy atom. The smallest absolute Gasteiger partial charge is 0.0240 e. The molecule has 0 radical (unpaired) electrons. The number of rotatable bonds is 9. The lowest BCUT2D eigenvalue weighted by atomic mass is 10.1. The summed E-state index contributed by atoms with van der Waals surface area (Å²) < 4.78 is 0. The monoisotopic (exact) mass is 308 g/mol. The minimum absolute atomic E-state index is 0.489. The van der Waals surface area contributed by atoms with Gasteiger partial charge in [-0.1, -0.05) is 81.1 Å². The lowest BCUT2D eigenvalue weighted by molar-refractivity contribution is 0.277. The van der Waals surface area contributed by atoms with Crippen molar-refractivity contribution < 1.29 is 0 Å². The SMILES string of the molecule is C=C(CNC(C)C)CN(Cc1ccccc1)Cc1ccccc1. The average molecular weight is 308 g/mol. The van der Waals surface area contributed by atoms with Gasteiger partial charge in [0.15, 0.2) is 0 Å². The van der Waals surface area contributed by atoms with Crippen LogP contribution in [0.15, 0.2) is 72.8 Å². The topological polar surface area (TPSA) is 15.3 Å². The summed E-state index contributed by atoms with van der Waals surface area (Å²) in [7, 11) is 0. The Morgan fingerprint density at radius 2 is 1.39 bits per heavy atom. The normalized spacial score (nSPS) is 11.1. The van der Waals surface area contributed by atoms with Gasteiger partial charge in [-0.2, -0.15) is 0 Å². The molecule has 23 heavy (non-hydrogen) atoms. The van der Waals surface area contributed by atoms with Crippen molar-refractivity contribution in [3.8, 4) is 0 Å². The molecule has 0 aliphatic rings. The fourth-order valence-corrected chi connectivity index (χ4v) is 2.57. The van der Waals surface area contributed by atoms with Gasteiger partial charge in [-0.3, -0.25) is 4.90 Å². The Morgan fingerprint density at radius 3 is 1.83 bits per heavy atom. The molecule has 0 spiro atoms. The van der Waals surface area contributed by atoms with Crippen LogP contribution in [0.4, 0.5) is 0 Å². The van der Waals surface area contributed by atoms with Crippen LogP contribution in [0.5, 0.6) is 0 Å². The molecule has 0 bridgehead atoms. The van der Waals surface area contributed by atoms with E-state index in [2.05, 4.69) is 91.3 Å². The van der Waals surface area contributed by atoms with Gasteiger partial charge in [0.1, 0.15) is 0 Å². The van der Waals surface area contributed by atoms with Gasteiger partial charge < -0.3 is 5.32 Å². The van der Waals surface area contributed by atoms with Crippen LogP contribution in [0.3, 0.4) is 0 Å². The molecule has 2 aromatic carbocycles. The number of hydrogen-bond donors (Lipinski definition) is 1. The van der Waals surface area contributed by atoms with E-state index >= 15 is 0 Å². The Balaban J connectivity index is 2.00. The molecule has 0 amide bonds. The van der Waals surface area contributed by atoms with E-state index in [0.717, 1.165) is 26.2 Å². The Labute approximate surface area is 140 Å². The lowest BCUT2D eigenvalue weighted by Gasteiger charge is -2.24. The van der Waals surface area contributed by atoms with E-state index in [-0.39, 0.29) is 0 Å². The number of nitrogens with one attached hydrogen (secondary N) is 1. The molecule has 122 valence electrons. The molecular formula is C21H28N2. The molecule has 0 aliphatic carbocycles. The Bertz CT molecular complexity index is 534. The second-order valence-electron chi connectivity index (χ2n) is 6.40. The number of nitrogens with zero attached hydrogens (tertiary/aromatic N) is 1. The summed E-state index contributed by atoms with van der Waals surface area (Å²) in [5.74, 6) is 0. The number of hydrogen-bond acceptors (Lipinski definition) is 2. The largest absolute Gasteiger partial charge is 0.311 e.